The molecular formula is C15H25N3O3. The molecule has 0 spiro atoms. The second-order valence-corrected chi connectivity index (χ2v) is 6.38. The molecule has 0 aliphatic heterocycles. The zero-order chi connectivity index (χ0) is 15.8. The van der Waals surface area contributed by atoms with Gasteiger partial charge in [-0.1, -0.05) is 13.8 Å². The molecule has 21 heavy (non-hydrogen) atoms. The summed E-state index contributed by atoms with van der Waals surface area (Å²) < 4.78 is 7.16. The van der Waals surface area contributed by atoms with Gasteiger partial charge in [-0.25, -0.2) is 0 Å². The molecular weight excluding hydrogens is 270 g/mol. The number of hydrogen-bond acceptors (Lipinski definition) is 4. The van der Waals surface area contributed by atoms with Crippen molar-refractivity contribution in [2.45, 2.75) is 45.8 Å². The van der Waals surface area contributed by atoms with E-state index in [0.717, 1.165) is 5.69 Å². The predicted molar refractivity (Wildman–Crippen MR) is 79.0 cm³/mol. The molecule has 2 N–H and O–H groups in total. The number of carbonyl (C=O) groups is 1. The predicted octanol–water partition coefficient (Wildman–Crippen LogP) is 1.02. The molecule has 0 unspecified atom stereocenters. The first kappa shape index (κ1) is 16.0. The van der Waals surface area contributed by atoms with Crippen molar-refractivity contribution in [3.05, 3.63) is 17.5 Å². The van der Waals surface area contributed by atoms with Gasteiger partial charge in [-0.3, -0.25) is 9.48 Å². The van der Waals surface area contributed by atoms with Gasteiger partial charge >= 0.3 is 0 Å². The fourth-order valence-electron chi connectivity index (χ4n) is 2.90. The Labute approximate surface area is 125 Å². The summed E-state index contributed by atoms with van der Waals surface area (Å²) in [6.07, 6.45) is 0.571. The van der Waals surface area contributed by atoms with Gasteiger partial charge in [0.2, 0.25) is 0 Å². The van der Waals surface area contributed by atoms with Crippen LogP contribution in [0.15, 0.2) is 6.07 Å². The first-order valence-electron chi connectivity index (χ1n) is 7.34. The average molecular weight is 295 g/mol. The molecule has 1 aliphatic rings. The molecule has 1 saturated carbocycles. The lowest BCUT2D eigenvalue weighted by Gasteiger charge is -2.57. The minimum Gasteiger partial charge on any atom is -0.387 e. The van der Waals surface area contributed by atoms with Crippen LogP contribution >= 0.6 is 0 Å². The number of aromatic nitrogens is 2. The maximum atomic E-state index is 12.2. The highest BCUT2D eigenvalue weighted by Crippen LogP contribution is 2.50. The van der Waals surface area contributed by atoms with Gasteiger partial charge in [-0.2, -0.15) is 5.10 Å². The van der Waals surface area contributed by atoms with E-state index in [-0.39, 0.29) is 24.0 Å². The van der Waals surface area contributed by atoms with Gasteiger partial charge in [0, 0.05) is 32.0 Å². The van der Waals surface area contributed by atoms with Crippen LogP contribution in [0.3, 0.4) is 0 Å². The Morgan fingerprint density at radius 2 is 2.29 bits per heavy atom. The van der Waals surface area contributed by atoms with Gasteiger partial charge in [0.05, 0.1) is 17.4 Å². The fraction of sp³-hybridized carbons (Fsp3) is 0.733. The highest BCUT2D eigenvalue weighted by atomic mass is 16.5. The Hall–Kier alpha value is -1.40. The molecule has 0 bridgehead atoms. The number of aliphatic hydroxyl groups is 1. The molecule has 0 saturated heterocycles. The SMILES string of the molecule is CCO[C@@H]1C[C@@](O)(CNC(=O)c2cc(C)nn2C)C1(C)C. The number of nitrogens with zero attached hydrogens (tertiary/aromatic N) is 2. The largest absolute Gasteiger partial charge is 0.387 e. The third-order valence-electron chi connectivity index (χ3n) is 4.67. The van der Waals surface area contributed by atoms with E-state index in [1.807, 2.05) is 27.7 Å². The van der Waals surface area contributed by atoms with E-state index in [1.54, 1.807) is 17.8 Å². The normalized spacial score (nSPS) is 27.2. The van der Waals surface area contributed by atoms with E-state index in [4.69, 9.17) is 4.74 Å². The Bertz CT molecular complexity index is 538. The van der Waals surface area contributed by atoms with Crippen molar-refractivity contribution in [2.75, 3.05) is 13.2 Å². The van der Waals surface area contributed by atoms with E-state index in [1.165, 1.54) is 0 Å². The monoisotopic (exact) mass is 295 g/mol. The van der Waals surface area contributed by atoms with Crippen molar-refractivity contribution in [2.24, 2.45) is 12.5 Å². The second-order valence-electron chi connectivity index (χ2n) is 6.38. The van der Waals surface area contributed by atoms with Crippen molar-refractivity contribution >= 4 is 5.91 Å². The summed E-state index contributed by atoms with van der Waals surface area (Å²) >= 11 is 0. The molecule has 1 heterocycles. The van der Waals surface area contributed by atoms with Crippen molar-refractivity contribution in [3.8, 4) is 0 Å². The zero-order valence-electron chi connectivity index (χ0n) is 13.4. The summed E-state index contributed by atoms with van der Waals surface area (Å²) in [5.74, 6) is -0.220. The van der Waals surface area contributed by atoms with E-state index >= 15 is 0 Å². The number of carbonyl (C=O) groups excluding carboxylic acids is 1. The molecule has 1 aromatic rings. The van der Waals surface area contributed by atoms with Crippen molar-refractivity contribution < 1.29 is 14.6 Å². The summed E-state index contributed by atoms with van der Waals surface area (Å²) in [5, 5.41) is 17.6. The fourth-order valence-corrected chi connectivity index (χ4v) is 2.90. The third kappa shape index (κ3) is 2.70. The maximum absolute atomic E-state index is 12.2. The highest BCUT2D eigenvalue weighted by Gasteiger charge is 2.59. The smallest absolute Gasteiger partial charge is 0.269 e. The molecule has 1 amide bonds. The quantitative estimate of drug-likeness (QED) is 0.850. The number of aryl methyl sites for hydroxylation is 2. The summed E-state index contributed by atoms with van der Waals surface area (Å²) in [4.78, 5) is 12.2. The minimum atomic E-state index is -0.934. The third-order valence-corrected chi connectivity index (χ3v) is 4.67. The van der Waals surface area contributed by atoms with Crippen LogP contribution in [0.4, 0.5) is 0 Å². The molecule has 2 atom stereocenters. The lowest BCUT2D eigenvalue weighted by atomic mass is 9.56. The molecule has 2 rings (SSSR count). The second kappa shape index (κ2) is 5.42. The average Bonchev–Trinajstić information content (AvgIpc) is 2.75. The van der Waals surface area contributed by atoms with E-state index < -0.39 is 5.60 Å². The van der Waals surface area contributed by atoms with E-state index in [0.29, 0.717) is 18.7 Å². The molecule has 1 aliphatic carbocycles. The molecule has 0 aromatic carbocycles. The number of hydrogen-bond donors (Lipinski definition) is 2. The van der Waals surface area contributed by atoms with Crippen LogP contribution in [0.5, 0.6) is 0 Å². The number of rotatable bonds is 5. The highest BCUT2D eigenvalue weighted by molar-refractivity contribution is 5.92. The summed E-state index contributed by atoms with van der Waals surface area (Å²) in [6.45, 7) is 8.57. The van der Waals surface area contributed by atoms with Gasteiger partial charge < -0.3 is 15.2 Å². The first-order chi connectivity index (χ1) is 9.71. The molecule has 118 valence electrons. The van der Waals surface area contributed by atoms with Crippen molar-refractivity contribution in [3.63, 3.8) is 0 Å². The van der Waals surface area contributed by atoms with Gasteiger partial charge in [-0.15, -0.1) is 0 Å². The molecule has 6 heteroatoms. The lowest BCUT2D eigenvalue weighted by Crippen LogP contribution is -2.68. The summed E-state index contributed by atoms with van der Waals surface area (Å²) in [7, 11) is 1.73. The van der Waals surface area contributed by atoms with Crippen LogP contribution in [-0.2, 0) is 11.8 Å². The number of ether oxygens (including phenoxy) is 1. The van der Waals surface area contributed by atoms with Gasteiger partial charge in [0.15, 0.2) is 0 Å². The molecule has 1 fully saturated rings. The standard InChI is InChI=1S/C15H25N3O3/c1-6-21-12-8-15(20,14(12,3)4)9-16-13(19)11-7-10(2)17-18(11)5/h7,12,20H,6,8-9H2,1-5H3,(H,16,19)/t12-,15-/m1/s1. The van der Waals surface area contributed by atoms with Crippen molar-refractivity contribution in [1.82, 2.24) is 15.1 Å². The minimum absolute atomic E-state index is 0.0309. The van der Waals surface area contributed by atoms with Gasteiger partial charge in [0.1, 0.15) is 5.69 Å². The Morgan fingerprint density at radius 3 is 2.76 bits per heavy atom. The Kier molecular flexibility index (Phi) is 4.13. The number of amides is 1. The van der Waals surface area contributed by atoms with Crippen LogP contribution in [0.1, 0.15) is 43.4 Å². The maximum Gasteiger partial charge on any atom is 0.269 e. The van der Waals surface area contributed by atoms with Gasteiger partial charge in [0.25, 0.3) is 5.91 Å². The first-order valence-corrected chi connectivity index (χ1v) is 7.34. The molecule has 6 nitrogen and oxygen atoms in total. The van der Waals surface area contributed by atoms with E-state index in [9.17, 15) is 9.90 Å². The topological polar surface area (TPSA) is 76.4 Å². The van der Waals surface area contributed by atoms with Crippen LogP contribution < -0.4 is 5.32 Å². The van der Waals surface area contributed by atoms with Crippen LogP contribution in [0.2, 0.25) is 0 Å². The van der Waals surface area contributed by atoms with Crippen LogP contribution in [0, 0.1) is 12.3 Å². The summed E-state index contributed by atoms with van der Waals surface area (Å²) in [5.41, 5.74) is -0.0224. The summed E-state index contributed by atoms with van der Waals surface area (Å²) in [6, 6.07) is 1.73. The molecule has 0 radical (unpaired) electrons. The van der Waals surface area contributed by atoms with Crippen molar-refractivity contribution in [1.29, 1.82) is 0 Å². The lowest BCUT2D eigenvalue weighted by molar-refractivity contribution is -0.237. The number of nitrogens with one attached hydrogen (secondary N) is 1. The Morgan fingerprint density at radius 1 is 1.62 bits per heavy atom. The zero-order valence-corrected chi connectivity index (χ0v) is 13.4. The molecule has 1 aromatic heterocycles. The van der Waals surface area contributed by atoms with Crippen LogP contribution in [-0.4, -0.2) is 45.7 Å². The Balaban J connectivity index is 1.97. The van der Waals surface area contributed by atoms with Gasteiger partial charge in [-0.05, 0) is 19.9 Å². The van der Waals surface area contributed by atoms with Crippen LogP contribution in [0.25, 0.3) is 0 Å². The van der Waals surface area contributed by atoms with E-state index in [2.05, 4.69) is 10.4 Å².